The summed E-state index contributed by atoms with van der Waals surface area (Å²) in [5.41, 5.74) is 6.66. The van der Waals surface area contributed by atoms with E-state index >= 15 is 0 Å². The van der Waals surface area contributed by atoms with Gasteiger partial charge in [-0.2, -0.15) is 0 Å². The molecule has 0 atom stereocenters. The van der Waals surface area contributed by atoms with Crippen LogP contribution in [0, 0.1) is 23.2 Å². The third kappa shape index (κ3) is 2.41. The SMILES string of the molecule is Nc1cccnc1NC(=O)CC12CC3CC(CC(C3)C1)C2. The van der Waals surface area contributed by atoms with Gasteiger partial charge in [-0.25, -0.2) is 4.98 Å². The minimum atomic E-state index is 0.0855. The van der Waals surface area contributed by atoms with E-state index in [1.807, 2.05) is 0 Å². The molecule has 4 nitrogen and oxygen atoms in total. The van der Waals surface area contributed by atoms with E-state index in [1.165, 1.54) is 38.5 Å². The Kier molecular flexibility index (Phi) is 2.95. The molecule has 1 heterocycles. The van der Waals surface area contributed by atoms with Crippen molar-refractivity contribution >= 4 is 17.4 Å². The Morgan fingerprint density at radius 3 is 2.43 bits per heavy atom. The Morgan fingerprint density at radius 2 is 1.86 bits per heavy atom. The van der Waals surface area contributed by atoms with Gasteiger partial charge in [0.05, 0.1) is 5.69 Å². The number of aromatic nitrogens is 1. The second-order valence-corrected chi connectivity index (χ2v) is 7.58. The number of pyridine rings is 1. The maximum atomic E-state index is 12.4. The van der Waals surface area contributed by atoms with Gasteiger partial charge in [0, 0.05) is 12.6 Å². The first-order valence-electron chi connectivity index (χ1n) is 8.12. The van der Waals surface area contributed by atoms with Crippen LogP contribution in [-0.2, 0) is 4.79 Å². The molecule has 0 aliphatic heterocycles. The lowest BCUT2D eigenvalue weighted by Gasteiger charge is -2.56. The maximum absolute atomic E-state index is 12.4. The molecular weight excluding hydrogens is 262 g/mol. The minimum absolute atomic E-state index is 0.0855. The first-order valence-corrected chi connectivity index (χ1v) is 8.12. The number of nitrogen functional groups attached to an aromatic ring is 1. The summed E-state index contributed by atoms with van der Waals surface area (Å²) in [5.74, 6) is 3.23. The fourth-order valence-corrected chi connectivity index (χ4v) is 5.55. The molecule has 0 saturated heterocycles. The number of hydrogen-bond acceptors (Lipinski definition) is 3. The Morgan fingerprint density at radius 1 is 1.24 bits per heavy atom. The molecule has 4 aliphatic carbocycles. The zero-order valence-electron chi connectivity index (χ0n) is 12.3. The lowest BCUT2D eigenvalue weighted by Crippen LogP contribution is -2.47. The number of nitrogens with zero attached hydrogens (tertiary/aromatic N) is 1. The predicted molar refractivity (Wildman–Crippen MR) is 82.5 cm³/mol. The summed E-state index contributed by atoms with van der Waals surface area (Å²) in [5, 5.41) is 2.91. The topological polar surface area (TPSA) is 68.0 Å². The van der Waals surface area contributed by atoms with Crippen LogP contribution in [0.5, 0.6) is 0 Å². The Labute approximate surface area is 125 Å². The Bertz CT molecular complexity index is 534. The van der Waals surface area contributed by atoms with Gasteiger partial charge in [0.25, 0.3) is 0 Å². The number of rotatable bonds is 3. The van der Waals surface area contributed by atoms with Crippen molar-refractivity contribution in [2.45, 2.75) is 44.9 Å². The zero-order valence-corrected chi connectivity index (χ0v) is 12.3. The van der Waals surface area contributed by atoms with Crippen molar-refractivity contribution < 1.29 is 4.79 Å². The van der Waals surface area contributed by atoms with Crippen LogP contribution in [0.3, 0.4) is 0 Å². The molecule has 0 spiro atoms. The largest absolute Gasteiger partial charge is 0.396 e. The molecule has 4 heteroatoms. The molecule has 1 amide bonds. The minimum Gasteiger partial charge on any atom is -0.396 e. The molecule has 1 aromatic heterocycles. The van der Waals surface area contributed by atoms with Crippen molar-refractivity contribution in [3.8, 4) is 0 Å². The van der Waals surface area contributed by atoms with Crippen LogP contribution in [0.4, 0.5) is 11.5 Å². The number of nitrogens with two attached hydrogens (primary N) is 1. The van der Waals surface area contributed by atoms with Crippen LogP contribution in [0.2, 0.25) is 0 Å². The van der Waals surface area contributed by atoms with Crippen LogP contribution >= 0.6 is 0 Å². The smallest absolute Gasteiger partial charge is 0.226 e. The van der Waals surface area contributed by atoms with E-state index in [4.69, 9.17) is 5.73 Å². The molecule has 0 aromatic carbocycles. The van der Waals surface area contributed by atoms with E-state index in [9.17, 15) is 4.79 Å². The van der Waals surface area contributed by atoms with Gasteiger partial charge in [-0.05, 0) is 73.8 Å². The van der Waals surface area contributed by atoms with Gasteiger partial charge >= 0.3 is 0 Å². The summed E-state index contributed by atoms with van der Waals surface area (Å²) in [6.07, 6.45) is 10.3. The van der Waals surface area contributed by atoms with E-state index in [0.717, 1.165) is 17.8 Å². The molecule has 3 N–H and O–H groups in total. The summed E-state index contributed by atoms with van der Waals surface area (Å²) in [7, 11) is 0. The molecule has 4 fully saturated rings. The fourth-order valence-electron chi connectivity index (χ4n) is 5.55. The molecular formula is C17H23N3O. The summed E-state index contributed by atoms with van der Waals surface area (Å²) < 4.78 is 0. The third-order valence-electron chi connectivity index (χ3n) is 5.80. The van der Waals surface area contributed by atoms with Crippen LogP contribution in [0.15, 0.2) is 18.3 Å². The normalized spacial score (nSPS) is 36.7. The van der Waals surface area contributed by atoms with Gasteiger partial charge < -0.3 is 11.1 Å². The van der Waals surface area contributed by atoms with Gasteiger partial charge in [0.1, 0.15) is 0 Å². The van der Waals surface area contributed by atoms with Crippen molar-refractivity contribution in [1.82, 2.24) is 4.98 Å². The monoisotopic (exact) mass is 285 g/mol. The number of carbonyl (C=O) groups is 1. The van der Waals surface area contributed by atoms with Gasteiger partial charge in [-0.15, -0.1) is 0 Å². The summed E-state index contributed by atoms with van der Waals surface area (Å²) in [6, 6.07) is 3.55. The quantitative estimate of drug-likeness (QED) is 0.896. The van der Waals surface area contributed by atoms with Crippen molar-refractivity contribution in [2.75, 3.05) is 11.1 Å². The van der Waals surface area contributed by atoms with E-state index in [-0.39, 0.29) is 11.3 Å². The van der Waals surface area contributed by atoms with Crippen molar-refractivity contribution in [2.24, 2.45) is 23.2 Å². The molecule has 1 aromatic rings. The van der Waals surface area contributed by atoms with Gasteiger partial charge in [-0.1, -0.05) is 0 Å². The molecule has 4 saturated carbocycles. The number of carbonyl (C=O) groups excluding carboxylic acids is 1. The van der Waals surface area contributed by atoms with E-state index in [1.54, 1.807) is 18.3 Å². The van der Waals surface area contributed by atoms with Crippen molar-refractivity contribution in [1.29, 1.82) is 0 Å². The van der Waals surface area contributed by atoms with Gasteiger partial charge in [0.15, 0.2) is 5.82 Å². The molecule has 4 bridgehead atoms. The number of hydrogen-bond donors (Lipinski definition) is 2. The Balaban J connectivity index is 1.46. The number of nitrogens with one attached hydrogen (secondary N) is 1. The second-order valence-electron chi connectivity index (χ2n) is 7.58. The first kappa shape index (κ1) is 13.1. The average Bonchev–Trinajstić information content (AvgIpc) is 2.39. The van der Waals surface area contributed by atoms with Crippen LogP contribution in [-0.4, -0.2) is 10.9 Å². The van der Waals surface area contributed by atoms with E-state index < -0.39 is 0 Å². The summed E-state index contributed by atoms with van der Waals surface area (Å²) >= 11 is 0. The Hall–Kier alpha value is -1.58. The average molecular weight is 285 g/mol. The predicted octanol–water partition coefficient (Wildman–Crippen LogP) is 3.21. The molecule has 4 aliphatic rings. The third-order valence-corrected chi connectivity index (χ3v) is 5.80. The fraction of sp³-hybridized carbons (Fsp3) is 0.647. The van der Waals surface area contributed by atoms with Crippen molar-refractivity contribution in [3.05, 3.63) is 18.3 Å². The van der Waals surface area contributed by atoms with E-state index in [2.05, 4.69) is 10.3 Å². The first-order chi connectivity index (χ1) is 10.1. The number of amides is 1. The molecule has 21 heavy (non-hydrogen) atoms. The van der Waals surface area contributed by atoms with Gasteiger partial charge in [0.2, 0.25) is 5.91 Å². The highest BCUT2D eigenvalue weighted by Gasteiger charge is 2.51. The highest BCUT2D eigenvalue weighted by atomic mass is 16.1. The lowest BCUT2D eigenvalue weighted by molar-refractivity contribution is -0.124. The zero-order chi connectivity index (χ0) is 14.4. The molecule has 0 radical (unpaired) electrons. The standard InChI is InChI=1S/C17H23N3O/c18-14-2-1-3-19-16(14)20-15(21)10-17-7-11-4-12(8-17)6-13(5-11)9-17/h1-3,11-13H,4-10,18H2,(H,19,20,21). The van der Waals surface area contributed by atoms with Crippen LogP contribution in [0.1, 0.15) is 44.9 Å². The van der Waals surface area contributed by atoms with Crippen LogP contribution < -0.4 is 11.1 Å². The lowest BCUT2D eigenvalue weighted by atomic mass is 9.49. The van der Waals surface area contributed by atoms with Crippen molar-refractivity contribution in [3.63, 3.8) is 0 Å². The second kappa shape index (κ2) is 4.72. The van der Waals surface area contributed by atoms with Gasteiger partial charge in [-0.3, -0.25) is 4.79 Å². The highest BCUT2D eigenvalue weighted by Crippen LogP contribution is 2.61. The molecule has 0 unspecified atom stereocenters. The maximum Gasteiger partial charge on any atom is 0.226 e. The van der Waals surface area contributed by atoms with E-state index in [0.29, 0.717) is 17.9 Å². The summed E-state index contributed by atoms with van der Waals surface area (Å²) in [4.78, 5) is 16.6. The number of anilines is 2. The molecule has 5 rings (SSSR count). The molecule has 112 valence electrons. The van der Waals surface area contributed by atoms with Crippen LogP contribution in [0.25, 0.3) is 0 Å². The summed E-state index contributed by atoms with van der Waals surface area (Å²) in [6.45, 7) is 0. The highest BCUT2D eigenvalue weighted by molar-refractivity contribution is 5.92.